The molecule has 12 aromatic carbocycles. The maximum absolute atomic E-state index is 6.03. The molecular weight excluding hydrogens is 1740 g/mol. The van der Waals surface area contributed by atoms with Gasteiger partial charge in [0, 0.05) is 66.3 Å². The van der Waals surface area contributed by atoms with E-state index in [0.717, 1.165) is 32.4 Å². The number of hydrogen-bond donors (Lipinski definition) is 0. The average Bonchev–Trinajstić information content (AvgIpc) is 1.62. The minimum atomic E-state index is -0.446. The normalized spacial score (nSPS) is 12.1. The SMILES string of the molecule is Brc1ccc2nncn2c1.CC1(C)OB(c2cccnc2Cl)OC1(C)C.Clc1ncccc1-c1ccc2nncn2c1.[Pd].c1ccc(P(c2ccccc2)c2ccccc2)cc1.c1ccc(P(c2ccccc2)c2ccccc2)cc1.c1ccc(P(c2ccccc2)c2ccccc2)cc1.c1ccc(P(c2ccccc2)c2ccccc2)cc1. The van der Waals surface area contributed by atoms with Crippen LogP contribution in [0.25, 0.3) is 22.4 Å². The van der Waals surface area contributed by atoms with Gasteiger partial charge >= 0.3 is 7.12 Å². The fourth-order valence-electron chi connectivity index (χ4n) is 12.6. The Morgan fingerprint density at radius 3 is 0.798 bits per heavy atom. The Labute approximate surface area is 735 Å². The minimum absolute atomic E-state index is 0. The molecule has 10 nitrogen and oxygen atoms in total. The predicted octanol–water partition coefficient (Wildman–Crippen LogP) is 19.7. The van der Waals surface area contributed by atoms with Gasteiger partial charge in [-0.25, -0.2) is 9.97 Å². The first-order chi connectivity index (χ1) is 57.8. The number of rotatable bonds is 14. The van der Waals surface area contributed by atoms with Gasteiger partial charge in [0.1, 0.15) is 23.0 Å². The molecule has 592 valence electrons. The van der Waals surface area contributed by atoms with E-state index in [9.17, 15) is 0 Å². The maximum atomic E-state index is 6.03. The number of pyridine rings is 4. The Kier molecular flexibility index (Phi) is 33.3. The summed E-state index contributed by atoms with van der Waals surface area (Å²) in [5.74, 6) is 0. The molecule has 1 fully saturated rings. The third kappa shape index (κ3) is 24.7. The smallest absolute Gasteiger partial charge is 0.399 e. The Hall–Kier alpha value is -10.4. The molecule has 0 saturated carbocycles. The summed E-state index contributed by atoms with van der Waals surface area (Å²) >= 11 is 15.4. The van der Waals surface area contributed by atoms with Crippen molar-refractivity contribution in [2.75, 3.05) is 0 Å². The van der Waals surface area contributed by atoms with Crippen LogP contribution in [0.2, 0.25) is 10.3 Å². The molecule has 0 bridgehead atoms. The van der Waals surface area contributed by atoms with Crippen LogP contribution in [0.15, 0.2) is 454 Å². The maximum Gasteiger partial charge on any atom is 0.498 e. The summed E-state index contributed by atoms with van der Waals surface area (Å²) < 4.78 is 16.5. The Balaban J connectivity index is 0.000000128. The first kappa shape index (κ1) is 87.9. The monoisotopic (exact) mass is 1820 g/mol. The Bertz CT molecular complexity index is 5110. The number of nitrogens with zero attached hydrogens (tertiary/aromatic N) is 8. The number of fused-ring (bicyclic) bond motifs is 2. The van der Waals surface area contributed by atoms with Crippen LogP contribution in [-0.2, 0) is 29.7 Å². The van der Waals surface area contributed by atoms with E-state index in [-0.39, 0.29) is 31.6 Å². The molecule has 0 amide bonds. The summed E-state index contributed by atoms with van der Waals surface area (Å²) in [6.07, 6.45) is 10.5. The van der Waals surface area contributed by atoms with E-state index >= 15 is 0 Å². The van der Waals surface area contributed by atoms with Gasteiger partial charge in [-0.2, -0.15) is 0 Å². The Morgan fingerprint density at radius 1 is 0.294 bits per heavy atom. The summed E-state index contributed by atoms with van der Waals surface area (Å²) in [5.41, 5.74) is 3.65. The van der Waals surface area contributed by atoms with E-state index in [2.05, 4.69) is 410 Å². The van der Waals surface area contributed by atoms with Crippen molar-refractivity contribution in [2.45, 2.75) is 38.9 Å². The zero-order valence-electron chi connectivity index (χ0n) is 65.9. The van der Waals surface area contributed by atoms with E-state index in [1.54, 1.807) is 25.0 Å². The van der Waals surface area contributed by atoms with E-state index in [4.69, 9.17) is 32.5 Å². The van der Waals surface area contributed by atoms with E-state index < -0.39 is 38.8 Å². The van der Waals surface area contributed by atoms with Crippen LogP contribution in [0, 0.1) is 0 Å². The van der Waals surface area contributed by atoms with Crippen LogP contribution in [-0.4, -0.2) is 57.5 Å². The van der Waals surface area contributed by atoms with Crippen LogP contribution < -0.4 is 69.1 Å². The second-order valence-corrected chi connectivity index (χ2v) is 38.2. The summed E-state index contributed by atoms with van der Waals surface area (Å²) in [4.78, 5) is 8.07. The van der Waals surface area contributed by atoms with Gasteiger partial charge in [0.2, 0.25) is 0 Å². The number of hydrogen-bond acceptors (Lipinski definition) is 8. The van der Waals surface area contributed by atoms with Crippen LogP contribution in [0.5, 0.6) is 0 Å². The zero-order valence-corrected chi connectivity index (χ0v) is 74.2. The van der Waals surface area contributed by atoms with Crippen molar-refractivity contribution in [1.29, 1.82) is 0 Å². The fourth-order valence-corrected chi connectivity index (χ4v) is 22.7. The number of aromatic nitrogens is 8. The molecule has 1 aliphatic heterocycles. The second kappa shape index (κ2) is 45.1. The molecule has 6 aromatic heterocycles. The summed E-state index contributed by atoms with van der Waals surface area (Å²) in [6.45, 7) is 8.04. The van der Waals surface area contributed by atoms with Crippen molar-refractivity contribution in [3.8, 4) is 11.1 Å². The van der Waals surface area contributed by atoms with Gasteiger partial charge in [0.25, 0.3) is 0 Å². The van der Waals surface area contributed by atoms with Crippen LogP contribution >= 0.6 is 70.8 Å². The summed E-state index contributed by atoms with van der Waals surface area (Å²) in [5, 5.41) is 33.1. The molecule has 19 heteroatoms. The molecule has 0 aliphatic carbocycles. The standard InChI is InChI=1S/4C18H15P.C11H15BClNO2.C11H7ClN4.C6H4BrN3.Pd/c4*1-4-10-16(11-5-1)19(17-12-6-2-7-13-17)18-14-8-3-9-15-18;1-10(2)11(3,4)16-12(15-10)8-6-5-7-14-9(8)13;12-11-9(2-1-5-13-11)8-3-4-10-15-14-7-16(10)6-8;7-5-1-2-6-9-8-4-10(6)3-5;/h4*1-15H;5-7H,1-4H3;1-7H;1-4H;. The van der Waals surface area contributed by atoms with E-state index in [0.29, 0.717) is 10.3 Å². The van der Waals surface area contributed by atoms with Gasteiger partial charge in [0.05, 0.1) is 11.2 Å². The molecule has 19 rings (SSSR count). The first-order valence-electron chi connectivity index (χ1n) is 38.5. The Morgan fingerprint density at radius 2 is 0.538 bits per heavy atom. The molecule has 0 radical (unpaired) electrons. The van der Waals surface area contributed by atoms with Crippen LogP contribution in [0.3, 0.4) is 0 Å². The third-order valence-electron chi connectivity index (χ3n) is 19.1. The minimum Gasteiger partial charge on any atom is -0.399 e. The van der Waals surface area contributed by atoms with Crippen molar-refractivity contribution in [1.82, 2.24) is 39.2 Å². The van der Waals surface area contributed by atoms with Gasteiger partial charge in [0.15, 0.2) is 11.3 Å². The van der Waals surface area contributed by atoms with Crippen molar-refractivity contribution in [3.05, 3.63) is 465 Å². The van der Waals surface area contributed by atoms with E-state index in [1.165, 1.54) is 63.7 Å². The predicted molar refractivity (Wildman–Crippen MR) is 507 cm³/mol. The van der Waals surface area contributed by atoms with Crippen LogP contribution in [0.1, 0.15) is 27.7 Å². The van der Waals surface area contributed by atoms with Gasteiger partial charge in [-0.15, -0.1) is 20.4 Å². The first-order valence-corrected chi connectivity index (χ1v) is 45.4. The molecule has 7 heterocycles. The molecule has 18 aromatic rings. The van der Waals surface area contributed by atoms with Crippen molar-refractivity contribution in [3.63, 3.8) is 0 Å². The molecule has 0 N–H and O–H groups in total. The van der Waals surface area contributed by atoms with Gasteiger partial charge < -0.3 is 9.31 Å². The number of benzene rings is 12. The fraction of sp³-hybridized carbons (Fsp3) is 0.0600. The van der Waals surface area contributed by atoms with Crippen molar-refractivity contribution >= 4 is 158 Å². The topological polar surface area (TPSA) is 105 Å². The van der Waals surface area contributed by atoms with E-state index in [1.807, 2.05) is 97.4 Å². The van der Waals surface area contributed by atoms with Gasteiger partial charge in [-0.1, -0.05) is 393 Å². The number of halogens is 3. The van der Waals surface area contributed by atoms with Gasteiger partial charge in [-0.3, -0.25) is 8.80 Å². The van der Waals surface area contributed by atoms with Crippen LogP contribution in [0.4, 0.5) is 0 Å². The van der Waals surface area contributed by atoms with Crippen molar-refractivity contribution < 1.29 is 29.7 Å². The summed E-state index contributed by atoms with van der Waals surface area (Å²) in [7, 11) is -2.22. The molecular formula is C100H86BBrCl2N8O2P4Pd. The molecule has 119 heavy (non-hydrogen) atoms. The average molecular weight is 1820 g/mol. The third-order valence-corrected chi connectivity index (χ3v) is 29.9. The second-order valence-electron chi connectivity index (χ2n) is 27.6. The molecule has 1 saturated heterocycles. The molecule has 0 atom stereocenters. The van der Waals surface area contributed by atoms with Crippen molar-refractivity contribution in [2.24, 2.45) is 0 Å². The summed E-state index contributed by atoms with van der Waals surface area (Å²) in [6, 6.07) is 144. The molecule has 0 spiro atoms. The largest absolute Gasteiger partial charge is 0.498 e. The van der Waals surface area contributed by atoms with Gasteiger partial charge in [-0.05, 0) is 181 Å². The quantitative estimate of drug-likeness (QED) is 0.0602. The zero-order chi connectivity index (χ0) is 81.6. The molecule has 1 aliphatic rings. The molecule has 0 unspecified atom stereocenters.